The summed E-state index contributed by atoms with van der Waals surface area (Å²) in [4.78, 5) is 7.49. The van der Waals surface area contributed by atoms with Crippen molar-refractivity contribution in [2.24, 2.45) is 0 Å². The molecule has 2 heterocycles. The highest BCUT2D eigenvalue weighted by Crippen LogP contribution is 2.43. The molecule has 22 heavy (non-hydrogen) atoms. The molecule has 0 aliphatic heterocycles. The molecule has 122 valence electrons. The van der Waals surface area contributed by atoms with Gasteiger partial charge >= 0.3 is 12.1 Å². The maximum atomic E-state index is 13.5. The first kappa shape index (κ1) is 17.3. The first-order valence-electron chi connectivity index (χ1n) is 6.16. The molecule has 0 saturated carbocycles. The van der Waals surface area contributed by atoms with E-state index in [-0.39, 0.29) is 15.9 Å². The normalized spacial score (nSPS) is 13.9. The molecule has 0 atom stereocenters. The van der Waals surface area contributed by atoms with Gasteiger partial charge in [0, 0.05) is 11.5 Å². The summed E-state index contributed by atoms with van der Waals surface area (Å²) in [6.07, 6.45) is -5.71. The Kier molecular flexibility index (Phi) is 4.11. The maximum Gasteiger partial charge on any atom is 0.459 e. The molecule has 0 aromatic carbocycles. The van der Waals surface area contributed by atoms with Gasteiger partial charge in [0.05, 0.1) is 4.43 Å². The zero-order valence-corrected chi connectivity index (χ0v) is 14.0. The van der Waals surface area contributed by atoms with Gasteiger partial charge in [-0.3, -0.25) is 0 Å². The number of halogens is 6. The van der Waals surface area contributed by atoms with Gasteiger partial charge < -0.3 is 0 Å². The van der Waals surface area contributed by atoms with E-state index in [1.807, 2.05) is 43.4 Å². The highest BCUT2D eigenvalue weighted by Gasteiger charge is 2.60. The summed E-state index contributed by atoms with van der Waals surface area (Å²) in [5.41, 5.74) is -1.92. The van der Waals surface area contributed by atoms with E-state index in [1.165, 1.54) is 4.52 Å². The van der Waals surface area contributed by atoms with Crippen LogP contribution in [0.15, 0.2) is 6.07 Å². The summed E-state index contributed by atoms with van der Waals surface area (Å²) in [5.74, 6) is -4.71. The van der Waals surface area contributed by atoms with E-state index in [1.54, 1.807) is 0 Å². The zero-order chi connectivity index (χ0) is 16.9. The van der Waals surface area contributed by atoms with Gasteiger partial charge in [-0.15, -0.1) is 5.10 Å². The van der Waals surface area contributed by atoms with E-state index in [0.717, 1.165) is 0 Å². The van der Waals surface area contributed by atoms with Crippen molar-refractivity contribution >= 4 is 28.2 Å². The molecular weight excluding hydrogens is 422 g/mol. The first-order chi connectivity index (χ1) is 9.88. The number of alkyl halides is 6. The Bertz CT molecular complexity index is 702. The van der Waals surface area contributed by atoms with Crippen LogP contribution in [0.4, 0.5) is 22.0 Å². The van der Waals surface area contributed by atoms with Crippen LogP contribution in [0.2, 0.25) is 0 Å². The summed E-state index contributed by atoms with van der Waals surface area (Å²) in [6, 6.07) is 0.630. The van der Waals surface area contributed by atoms with Gasteiger partial charge in [0.1, 0.15) is 11.5 Å². The van der Waals surface area contributed by atoms with Crippen molar-refractivity contribution < 1.29 is 22.0 Å². The Hall–Kier alpha value is -1.07. The molecule has 4 nitrogen and oxygen atoms in total. The fraction of sp³-hybridized carbons (Fsp3) is 0.583. The fourth-order valence-electron chi connectivity index (χ4n) is 1.66. The van der Waals surface area contributed by atoms with Crippen molar-refractivity contribution in [1.29, 1.82) is 0 Å². The minimum absolute atomic E-state index is 0.0139. The highest BCUT2D eigenvalue weighted by molar-refractivity contribution is 14.1. The lowest BCUT2D eigenvalue weighted by Crippen LogP contribution is -2.35. The van der Waals surface area contributed by atoms with Crippen molar-refractivity contribution in [3.63, 3.8) is 0 Å². The second-order valence-electron chi connectivity index (χ2n) is 5.72. The maximum absolute atomic E-state index is 13.5. The first-order valence-corrected chi connectivity index (χ1v) is 7.68. The number of aromatic nitrogens is 4. The van der Waals surface area contributed by atoms with Crippen molar-refractivity contribution in [2.75, 3.05) is 0 Å². The summed E-state index contributed by atoms with van der Waals surface area (Å²) in [5, 5.41) is 4.15. The van der Waals surface area contributed by atoms with Crippen molar-refractivity contribution in [2.45, 2.75) is 42.7 Å². The van der Waals surface area contributed by atoms with Crippen LogP contribution in [0.5, 0.6) is 0 Å². The van der Waals surface area contributed by atoms with Crippen LogP contribution in [-0.2, 0) is 15.8 Å². The van der Waals surface area contributed by atoms with Gasteiger partial charge in [-0.1, -0.05) is 43.4 Å². The highest BCUT2D eigenvalue weighted by atomic mass is 127. The SMILES string of the molecule is CC(C)(C)c1nc2cc(C(F)(F)C(F)(F)F)nc(CI)n2n1. The average Bonchev–Trinajstić information content (AvgIpc) is 2.79. The van der Waals surface area contributed by atoms with Gasteiger partial charge in [-0.25, -0.2) is 9.97 Å². The molecule has 0 spiro atoms. The standard InChI is InChI=1S/C12H12F5IN4/c1-10(2,3)9-20-7-4-6(11(13,14)12(15,16)17)19-8(5-18)22(7)21-9/h4H,5H2,1-3H3. The predicted octanol–water partition coefficient (Wildman–Crippen LogP) is 4.01. The number of fused-ring (bicyclic) bond motifs is 1. The molecule has 0 amide bonds. The van der Waals surface area contributed by atoms with Crippen molar-refractivity contribution in [3.05, 3.63) is 23.4 Å². The summed E-state index contributed by atoms with van der Waals surface area (Å²) < 4.78 is 65.9. The Morgan fingerprint density at radius 1 is 1.09 bits per heavy atom. The molecule has 0 aliphatic rings. The Morgan fingerprint density at radius 2 is 1.68 bits per heavy atom. The van der Waals surface area contributed by atoms with Crippen LogP contribution < -0.4 is 0 Å². The molecule has 0 unspecified atom stereocenters. The van der Waals surface area contributed by atoms with E-state index >= 15 is 0 Å². The average molecular weight is 434 g/mol. The predicted molar refractivity (Wildman–Crippen MR) is 77.2 cm³/mol. The van der Waals surface area contributed by atoms with Crippen LogP contribution in [-0.4, -0.2) is 25.8 Å². The third-order valence-corrected chi connectivity index (χ3v) is 3.54. The smallest absolute Gasteiger partial charge is 0.230 e. The van der Waals surface area contributed by atoms with Crippen LogP contribution in [0.1, 0.15) is 38.1 Å². The van der Waals surface area contributed by atoms with Gasteiger partial charge in [0.25, 0.3) is 0 Å². The van der Waals surface area contributed by atoms with Crippen LogP contribution in [0.25, 0.3) is 5.65 Å². The molecule has 0 bridgehead atoms. The van der Waals surface area contributed by atoms with Crippen LogP contribution in [0.3, 0.4) is 0 Å². The molecule has 0 aliphatic carbocycles. The van der Waals surface area contributed by atoms with E-state index in [0.29, 0.717) is 11.9 Å². The Balaban J connectivity index is 2.70. The van der Waals surface area contributed by atoms with E-state index in [2.05, 4.69) is 15.1 Å². The number of nitrogens with zero attached hydrogens (tertiary/aromatic N) is 4. The Morgan fingerprint density at radius 3 is 2.14 bits per heavy atom. The molecule has 10 heteroatoms. The van der Waals surface area contributed by atoms with Crippen molar-refractivity contribution in [1.82, 2.24) is 19.6 Å². The fourth-order valence-corrected chi connectivity index (χ4v) is 2.15. The molecule has 0 fully saturated rings. The van der Waals surface area contributed by atoms with Crippen molar-refractivity contribution in [3.8, 4) is 0 Å². The third kappa shape index (κ3) is 2.88. The largest absolute Gasteiger partial charge is 0.459 e. The number of rotatable bonds is 2. The summed E-state index contributed by atoms with van der Waals surface area (Å²) in [6.45, 7) is 5.43. The lowest BCUT2D eigenvalue weighted by Gasteiger charge is -2.19. The van der Waals surface area contributed by atoms with Gasteiger partial charge in [0.2, 0.25) is 0 Å². The quantitative estimate of drug-likeness (QED) is 0.408. The van der Waals surface area contributed by atoms with Crippen LogP contribution >= 0.6 is 22.6 Å². The molecular formula is C12H12F5IN4. The van der Waals surface area contributed by atoms with Gasteiger partial charge in [-0.2, -0.15) is 26.5 Å². The molecule has 0 saturated heterocycles. The second kappa shape index (κ2) is 5.24. The minimum Gasteiger partial charge on any atom is -0.230 e. The molecule has 2 aromatic rings. The lowest BCUT2D eigenvalue weighted by atomic mass is 9.96. The zero-order valence-electron chi connectivity index (χ0n) is 11.8. The van der Waals surface area contributed by atoms with Crippen LogP contribution in [0, 0.1) is 0 Å². The molecule has 0 radical (unpaired) electrons. The van der Waals surface area contributed by atoms with E-state index in [4.69, 9.17) is 0 Å². The van der Waals surface area contributed by atoms with Gasteiger partial charge in [0.15, 0.2) is 11.5 Å². The number of hydrogen-bond donors (Lipinski definition) is 0. The monoisotopic (exact) mass is 434 g/mol. The lowest BCUT2D eigenvalue weighted by molar-refractivity contribution is -0.291. The minimum atomic E-state index is -5.71. The molecule has 0 N–H and O–H groups in total. The third-order valence-electron chi connectivity index (χ3n) is 2.86. The molecule has 2 aromatic heterocycles. The Labute approximate surface area is 136 Å². The topological polar surface area (TPSA) is 43.1 Å². The summed E-state index contributed by atoms with van der Waals surface area (Å²) in [7, 11) is 0. The van der Waals surface area contributed by atoms with E-state index < -0.39 is 23.2 Å². The van der Waals surface area contributed by atoms with Gasteiger partial charge in [-0.05, 0) is 0 Å². The summed E-state index contributed by atoms with van der Waals surface area (Å²) >= 11 is 1.82. The molecule has 2 rings (SSSR count). The number of hydrogen-bond acceptors (Lipinski definition) is 3. The van der Waals surface area contributed by atoms with E-state index in [9.17, 15) is 22.0 Å². The second-order valence-corrected chi connectivity index (χ2v) is 6.48.